The fourth-order valence-electron chi connectivity index (χ4n) is 2.74. The zero-order chi connectivity index (χ0) is 24.1. The van der Waals surface area contributed by atoms with E-state index in [-0.39, 0.29) is 12.2 Å². The molecular weight excluding hydrogens is 539 g/mol. The quantitative estimate of drug-likeness (QED) is 0.0992. The maximum Gasteiger partial charge on any atom is 0.268 e. The molecular formula is C20H27IN2O7S. The van der Waals surface area contributed by atoms with Crippen LogP contribution in [0, 0.1) is 11.8 Å². The molecule has 1 aliphatic heterocycles. The standard InChI is InChI=1S/C17H20N2O7S.C2H4.CH3I/c1-26-17(10-27(24,25)11-17)14(16(22)19-23)18-15(21)13-7-5-12(6-8-13)4-2-3-9-20;2*1-2/h5-8,14,20,23H,3,9-11H2,1H3,(H,18,21)(H,19,22);1-2H2;1H3. The van der Waals surface area contributed by atoms with E-state index in [0.29, 0.717) is 12.0 Å². The normalized spacial score (nSPS) is 15.6. The van der Waals surface area contributed by atoms with Crippen LogP contribution in [0.4, 0.5) is 0 Å². The topological polar surface area (TPSA) is 142 Å². The van der Waals surface area contributed by atoms with Gasteiger partial charge in [0.15, 0.2) is 9.84 Å². The summed E-state index contributed by atoms with van der Waals surface area (Å²) in [5.74, 6) is 3.05. The number of hydrogen-bond acceptors (Lipinski definition) is 7. The summed E-state index contributed by atoms with van der Waals surface area (Å²) in [5, 5.41) is 20.1. The molecule has 1 saturated heterocycles. The summed E-state index contributed by atoms with van der Waals surface area (Å²) in [6, 6.07) is 4.78. The number of nitrogens with one attached hydrogen (secondary N) is 2. The predicted octanol–water partition coefficient (Wildman–Crippen LogP) is 0.691. The van der Waals surface area contributed by atoms with E-state index in [1.165, 1.54) is 24.7 Å². The first-order chi connectivity index (χ1) is 14.8. The van der Waals surface area contributed by atoms with Crippen molar-refractivity contribution in [2.45, 2.75) is 18.1 Å². The van der Waals surface area contributed by atoms with E-state index in [1.807, 2.05) is 4.93 Å². The van der Waals surface area contributed by atoms with Gasteiger partial charge < -0.3 is 15.2 Å². The van der Waals surface area contributed by atoms with Crippen molar-refractivity contribution in [2.24, 2.45) is 0 Å². The first kappa shape index (κ1) is 29.0. The van der Waals surface area contributed by atoms with E-state index in [4.69, 9.17) is 15.1 Å². The van der Waals surface area contributed by atoms with Crippen molar-refractivity contribution >= 4 is 44.2 Å². The number of carbonyl (C=O) groups excluding carboxylic acids is 2. The third-order valence-electron chi connectivity index (χ3n) is 4.13. The molecule has 1 atom stereocenters. The van der Waals surface area contributed by atoms with Crippen LogP contribution in [-0.4, -0.2) is 72.3 Å². The van der Waals surface area contributed by atoms with E-state index in [0.717, 1.165) is 0 Å². The molecule has 2 amide bonds. The van der Waals surface area contributed by atoms with Crippen LogP contribution in [0.3, 0.4) is 0 Å². The Morgan fingerprint density at radius 3 is 2.23 bits per heavy atom. The Balaban J connectivity index is 0.00000212. The number of benzene rings is 1. The van der Waals surface area contributed by atoms with Gasteiger partial charge in [-0.15, -0.1) is 13.2 Å². The molecule has 0 aromatic heterocycles. The summed E-state index contributed by atoms with van der Waals surface area (Å²) in [4.78, 5) is 26.4. The summed E-state index contributed by atoms with van der Waals surface area (Å²) >= 11 is 2.15. The maximum atomic E-state index is 12.5. The van der Waals surface area contributed by atoms with Gasteiger partial charge in [0.2, 0.25) is 0 Å². The molecule has 0 radical (unpaired) electrons. The smallest absolute Gasteiger partial charge is 0.268 e. The monoisotopic (exact) mass is 566 g/mol. The lowest BCUT2D eigenvalue weighted by molar-refractivity contribution is -0.138. The van der Waals surface area contributed by atoms with Crippen LogP contribution in [0.15, 0.2) is 37.4 Å². The summed E-state index contributed by atoms with van der Waals surface area (Å²) < 4.78 is 28.3. The van der Waals surface area contributed by atoms with Crippen LogP contribution in [0.5, 0.6) is 0 Å². The number of aliphatic hydroxyl groups is 1. The van der Waals surface area contributed by atoms with Crippen LogP contribution in [0.2, 0.25) is 0 Å². The molecule has 2 rings (SSSR count). The van der Waals surface area contributed by atoms with E-state index in [9.17, 15) is 18.0 Å². The number of halogens is 1. The van der Waals surface area contributed by atoms with E-state index < -0.39 is 44.8 Å². The number of carbonyl (C=O) groups is 2. The number of rotatable bonds is 6. The van der Waals surface area contributed by atoms with E-state index in [1.54, 1.807) is 12.1 Å². The number of sulfone groups is 1. The molecule has 1 aromatic carbocycles. The number of ether oxygens (including phenoxy) is 1. The first-order valence-corrected chi connectivity index (χ1v) is 12.8. The highest BCUT2D eigenvalue weighted by molar-refractivity contribution is 14.1. The van der Waals surface area contributed by atoms with E-state index >= 15 is 0 Å². The largest absolute Gasteiger partial charge is 0.395 e. The van der Waals surface area contributed by atoms with Crippen molar-refractivity contribution in [1.29, 1.82) is 0 Å². The molecule has 0 bridgehead atoms. The van der Waals surface area contributed by atoms with Crippen molar-refractivity contribution in [3.8, 4) is 11.8 Å². The first-order valence-electron chi connectivity index (χ1n) is 8.85. The second-order valence-corrected chi connectivity index (χ2v) is 8.10. The minimum atomic E-state index is -3.38. The maximum absolute atomic E-state index is 12.5. The molecule has 0 spiro atoms. The summed E-state index contributed by atoms with van der Waals surface area (Å²) in [5.41, 5.74) is 0.837. The second-order valence-electron chi connectivity index (χ2n) is 6.04. The molecule has 1 aliphatic rings. The molecule has 1 aromatic rings. The number of hydrogen-bond donors (Lipinski definition) is 4. The Hall–Kier alpha value is -1.98. The highest BCUT2D eigenvalue weighted by atomic mass is 127. The molecule has 11 heteroatoms. The molecule has 1 unspecified atom stereocenters. The third-order valence-corrected chi connectivity index (χ3v) is 5.98. The van der Waals surface area contributed by atoms with Crippen molar-refractivity contribution in [1.82, 2.24) is 10.8 Å². The summed E-state index contributed by atoms with van der Waals surface area (Å²) in [6.45, 7) is 5.96. The highest BCUT2D eigenvalue weighted by Gasteiger charge is 2.57. The number of alkyl halides is 1. The molecule has 0 saturated carbocycles. The molecule has 4 N–H and O–H groups in total. The molecule has 31 heavy (non-hydrogen) atoms. The molecule has 0 aliphatic carbocycles. The Kier molecular flexibility index (Phi) is 13.2. The number of methoxy groups -OCH3 is 1. The Morgan fingerprint density at radius 2 is 1.81 bits per heavy atom. The van der Waals surface area contributed by atoms with Gasteiger partial charge in [-0.05, 0) is 29.2 Å². The van der Waals surface area contributed by atoms with Gasteiger partial charge in [-0.2, -0.15) is 0 Å². The number of amides is 2. The summed E-state index contributed by atoms with van der Waals surface area (Å²) in [6.07, 6.45) is 0.336. The SMILES string of the molecule is C=C.CI.COC1(C(NC(=O)c2ccc(C#CCCO)cc2)C(=O)NO)CS(=O)(=O)C1. The zero-order valence-electron chi connectivity index (χ0n) is 17.4. The van der Waals surface area contributed by atoms with Crippen molar-refractivity contribution in [3.63, 3.8) is 0 Å². The lowest BCUT2D eigenvalue weighted by Crippen LogP contribution is -2.71. The van der Waals surface area contributed by atoms with Gasteiger partial charge in [0.25, 0.3) is 11.8 Å². The minimum Gasteiger partial charge on any atom is -0.395 e. The fourth-order valence-corrected chi connectivity index (χ4v) is 4.72. The van der Waals surface area contributed by atoms with Crippen LogP contribution in [0.1, 0.15) is 22.3 Å². The zero-order valence-corrected chi connectivity index (χ0v) is 20.3. The number of hydroxylamine groups is 1. The average molecular weight is 566 g/mol. The lowest BCUT2D eigenvalue weighted by Gasteiger charge is -2.44. The molecule has 9 nitrogen and oxygen atoms in total. The highest BCUT2D eigenvalue weighted by Crippen LogP contribution is 2.31. The Morgan fingerprint density at radius 1 is 1.26 bits per heavy atom. The van der Waals surface area contributed by atoms with Gasteiger partial charge >= 0.3 is 0 Å². The predicted molar refractivity (Wildman–Crippen MR) is 126 cm³/mol. The van der Waals surface area contributed by atoms with Gasteiger partial charge in [0.1, 0.15) is 11.6 Å². The van der Waals surface area contributed by atoms with E-state index in [2.05, 4.69) is 52.9 Å². The van der Waals surface area contributed by atoms with Gasteiger partial charge in [-0.1, -0.05) is 34.4 Å². The van der Waals surface area contributed by atoms with Crippen molar-refractivity contribution < 1.29 is 33.1 Å². The number of aliphatic hydroxyl groups excluding tert-OH is 1. The summed E-state index contributed by atoms with van der Waals surface area (Å²) in [7, 11) is -2.14. The Bertz CT molecular complexity index is 880. The molecule has 1 heterocycles. The van der Waals surface area contributed by atoms with Crippen LogP contribution in [0.25, 0.3) is 0 Å². The lowest BCUT2D eigenvalue weighted by atomic mass is 9.95. The minimum absolute atomic E-state index is 0.0429. The van der Waals surface area contributed by atoms with Gasteiger partial charge in [0, 0.05) is 24.7 Å². The molecule has 172 valence electrons. The van der Waals surface area contributed by atoms with Crippen LogP contribution >= 0.6 is 22.6 Å². The van der Waals surface area contributed by atoms with Crippen LogP contribution < -0.4 is 10.8 Å². The second kappa shape index (κ2) is 14.2. The van der Waals surface area contributed by atoms with Crippen LogP contribution in [-0.2, 0) is 19.4 Å². The van der Waals surface area contributed by atoms with Crippen molar-refractivity contribution in [3.05, 3.63) is 48.6 Å². The average Bonchev–Trinajstić information content (AvgIpc) is 2.78. The Labute approximate surface area is 196 Å². The molecule has 1 fully saturated rings. The fraction of sp³-hybridized carbons (Fsp3) is 0.400. The van der Waals surface area contributed by atoms with Crippen molar-refractivity contribution in [2.75, 3.05) is 30.2 Å². The van der Waals surface area contributed by atoms with Gasteiger partial charge in [-0.25, -0.2) is 13.9 Å². The third kappa shape index (κ3) is 8.23. The van der Waals surface area contributed by atoms with Gasteiger partial charge in [0.05, 0.1) is 18.1 Å². The van der Waals surface area contributed by atoms with Gasteiger partial charge in [-0.3, -0.25) is 14.8 Å².